The van der Waals surface area contributed by atoms with Gasteiger partial charge in [-0.15, -0.1) is 0 Å². The Kier molecular flexibility index (Phi) is 4.55. The smallest absolute Gasteiger partial charge is 0.255 e. The van der Waals surface area contributed by atoms with Crippen molar-refractivity contribution < 1.29 is 14.3 Å². The number of carbonyl (C=O) groups excluding carboxylic acids is 2. The molecule has 2 aliphatic carbocycles. The third kappa shape index (κ3) is 3.04. The minimum Gasteiger partial charge on any atom is -0.368 e. The summed E-state index contributed by atoms with van der Waals surface area (Å²) in [4.78, 5) is 27.3. The second kappa shape index (κ2) is 6.72. The molecule has 1 saturated heterocycles. The molecule has 1 N–H and O–H groups in total. The van der Waals surface area contributed by atoms with E-state index in [4.69, 9.17) is 4.74 Å². The fourth-order valence-electron chi connectivity index (χ4n) is 4.88. The first-order valence-corrected chi connectivity index (χ1v) is 9.78. The number of amides is 2. The third-order valence-electron chi connectivity index (χ3n) is 6.72. The highest BCUT2D eigenvalue weighted by Crippen LogP contribution is 2.39. The summed E-state index contributed by atoms with van der Waals surface area (Å²) in [7, 11) is 3.57. The number of fused-ring (bicyclic) bond motifs is 1. The van der Waals surface area contributed by atoms with Crippen molar-refractivity contribution in [3.63, 3.8) is 0 Å². The molecule has 3 fully saturated rings. The lowest BCUT2D eigenvalue weighted by atomic mass is 9.77. The fourth-order valence-corrected chi connectivity index (χ4v) is 4.88. The van der Waals surface area contributed by atoms with Gasteiger partial charge in [0.25, 0.3) is 11.8 Å². The van der Waals surface area contributed by atoms with E-state index in [9.17, 15) is 9.59 Å². The molecule has 2 saturated carbocycles. The molecule has 0 radical (unpaired) electrons. The van der Waals surface area contributed by atoms with Gasteiger partial charge in [0.05, 0.1) is 5.56 Å². The van der Waals surface area contributed by atoms with E-state index in [1.165, 1.54) is 0 Å². The van der Waals surface area contributed by atoms with Crippen LogP contribution in [0.15, 0.2) is 18.5 Å². The van der Waals surface area contributed by atoms with Crippen LogP contribution in [-0.4, -0.2) is 53.1 Å². The minimum atomic E-state index is -0.582. The van der Waals surface area contributed by atoms with Crippen LogP contribution in [0.1, 0.15) is 48.9 Å². The summed E-state index contributed by atoms with van der Waals surface area (Å²) >= 11 is 0. The summed E-state index contributed by atoms with van der Waals surface area (Å²) in [5.41, 5.74) is 0.185. The van der Waals surface area contributed by atoms with Crippen molar-refractivity contribution in [2.75, 3.05) is 20.2 Å². The number of methoxy groups -OCH3 is 1. The summed E-state index contributed by atoms with van der Waals surface area (Å²) in [6.45, 7) is 1.65. The molecule has 0 bridgehead atoms. The highest BCUT2D eigenvalue weighted by atomic mass is 16.5. The lowest BCUT2D eigenvalue weighted by Gasteiger charge is -2.41. The molecule has 3 atom stereocenters. The minimum absolute atomic E-state index is 0.0601. The number of hydrogen-bond acceptors (Lipinski definition) is 3. The maximum Gasteiger partial charge on any atom is 0.255 e. The summed E-state index contributed by atoms with van der Waals surface area (Å²) in [6.07, 6.45) is 9.56. The van der Waals surface area contributed by atoms with Crippen LogP contribution >= 0.6 is 0 Å². The Labute approximate surface area is 154 Å². The predicted molar refractivity (Wildman–Crippen MR) is 97.7 cm³/mol. The quantitative estimate of drug-likeness (QED) is 0.894. The number of hydrogen-bond donors (Lipinski definition) is 1. The maximum atomic E-state index is 12.7. The van der Waals surface area contributed by atoms with Crippen LogP contribution in [0.4, 0.5) is 0 Å². The van der Waals surface area contributed by atoms with Gasteiger partial charge in [-0.05, 0) is 56.4 Å². The lowest BCUT2D eigenvalue weighted by Crippen LogP contribution is -2.56. The lowest BCUT2D eigenvalue weighted by molar-refractivity contribution is -0.155. The van der Waals surface area contributed by atoms with Crippen LogP contribution in [-0.2, 0) is 16.6 Å². The molecule has 6 nitrogen and oxygen atoms in total. The normalized spacial score (nSPS) is 29.8. The van der Waals surface area contributed by atoms with Gasteiger partial charge in [-0.25, -0.2) is 0 Å². The molecule has 0 aromatic carbocycles. The van der Waals surface area contributed by atoms with Gasteiger partial charge in [0.2, 0.25) is 0 Å². The van der Waals surface area contributed by atoms with Crippen LogP contribution in [0.25, 0.3) is 0 Å². The number of nitrogens with zero attached hydrogens (tertiary/aromatic N) is 2. The molecule has 3 unspecified atom stereocenters. The van der Waals surface area contributed by atoms with Crippen molar-refractivity contribution in [1.82, 2.24) is 14.8 Å². The van der Waals surface area contributed by atoms with Crippen molar-refractivity contribution in [3.8, 4) is 0 Å². The molecule has 1 aromatic rings. The molecule has 1 aliphatic heterocycles. The molecule has 3 aliphatic rings. The molecule has 26 heavy (non-hydrogen) atoms. The number of ether oxygens (including phenoxy) is 1. The van der Waals surface area contributed by atoms with E-state index >= 15 is 0 Å². The highest BCUT2D eigenvalue weighted by molar-refractivity contribution is 5.94. The first-order chi connectivity index (χ1) is 12.5. The molecular formula is C20H29N3O3. The first kappa shape index (κ1) is 17.6. The van der Waals surface area contributed by atoms with Gasteiger partial charge in [-0.1, -0.05) is 0 Å². The van der Waals surface area contributed by atoms with Crippen molar-refractivity contribution in [2.24, 2.45) is 18.9 Å². The maximum absolute atomic E-state index is 12.7. The van der Waals surface area contributed by atoms with Crippen molar-refractivity contribution in [3.05, 3.63) is 24.0 Å². The SMILES string of the molecule is COC1(C(=O)NC2CCC3CN(C(=O)c4ccn(C)c4)CC3C2)CCC1. The van der Waals surface area contributed by atoms with Crippen molar-refractivity contribution >= 4 is 11.8 Å². The van der Waals surface area contributed by atoms with Crippen molar-refractivity contribution in [2.45, 2.75) is 50.2 Å². The molecule has 142 valence electrons. The van der Waals surface area contributed by atoms with Crippen LogP contribution in [0.2, 0.25) is 0 Å². The van der Waals surface area contributed by atoms with E-state index in [0.717, 1.165) is 57.2 Å². The number of nitrogens with one attached hydrogen (secondary N) is 1. The Bertz CT molecular complexity index is 689. The van der Waals surface area contributed by atoms with Gasteiger partial charge >= 0.3 is 0 Å². The Morgan fingerprint density at radius 1 is 1.23 bits per heavy atom. The van der Waals surface area contributed by atoms with Gasteiger partial charge in [-0.2, -0.15) is 0 Å². The molecule has 6 heteroatoms. The second-order valence-corrected chi connectivity index (χ2v) is 8.33. The van der Waals surface area contributed by atoms with Gasteiger partial charge in [0.1, 0.15) is 5.60 Å². The topological polar surface area (TPSA) is 63.6 Å². The van der Waals surface area contributed by atoms with Crippen LogP contribution in [0.5, 0.6) is 0 Å². The molecule has 2 heterocycles. The van der Waals surface area contributed by atoms with E-state index in [0.29, 0.717) is 11.8 Å². The zero-order chi connectivity index (χ0) is 18.3. The van der Waals surface area contributed by atoms with Gasteiger partial charge in [0.15, 0.2) is 0 Å². The largest absolute Gasteiger partial charge is 0.368 e. The van der Waals surface area contributed by atoms with Crippen molar-refractivity contribution in [1.29, 1.82) is 0 Å². The molecular weight excluding hydrogens is 330 g/mol. The van der Waals surface area contributed by atoms with Crippen LogP contribution < -0.4 is 5.32 Å². The van der Waals surface area contributed by atoms with Crippen LogP contribution in [0, 0.1) is 11.8 Å². The Morgan fingerprint density at radius 3 is 2.62 bits per heavy atom. The first-order valence-electron chi connectivity index (χ1n) is 9.78. The number of rotatable bonds is 4. The van der Waals surface area contributed by atoms with E-state index in [1.54, 1.807) is 7.11 Å². The van der Waals surface area contributed by atoms with E-state index in [1.807, 2.05) is 35.0 Å². The highest BCUT2D eigenvalue weighted by Gasteiger charge is 2.46. The Morgan fingerprint density at radius 2 is 2.00 bits per heavy atom. The van der Waals surface area contributed by atoms with E-state index in [-0.39, 0.29) is 17.9 Å². The van der Waals surface area contributed by atoms with Gasteiger partial charge in [0, 0.05) is 45.7 Å². The Hall–Kier alpha value is -1.82. The van der Waals surface area contributed by atoms with Gasteiger partial charge < -0.3 is 19.5 Å². The Balaban J connectivity index is 1.34. The number of likely N-dealkylation sites (tertiary alicyclic amines) is 1. The molecule has 4 rings (SSSR count). The van der Waals surface area contributed by atoms with Crippen LogP contribution in [0.3, 0.4) is 0 Å². The average molecular weight is 359 g/mol. The zero-order valence-corrected chi connectivity index (χ0v) is 15.7. The molecule has 0 spiro atoms. The number of aryl methyl sites for hydroxylation is 1. The standard InChI is InChI=1S/C20H29N3O3/c1-22-9-6-15(11-22)18(24)23-12-14-4-5-17(10-16(14)13-23)21-19(25)20(26-2)7-3-8-20/h6,9,11,14,16-17H,3-5,7-8,10,12-13H2,1-2H3,(H,21,25). The third-order valence-corrected chi connectivity index (χ3v) is 6.72. The number of aromatic nitrogens is 1. The fraction of sp³-hybridized carbons (Fsp3) is 0.700. The van der Waals surface area contributed by atoms with E-state index in [2.05, 4.69) is 5.32 Å². The molecule has 2 amide bonds. The summed E-state index contributed by atoms with van der Waals surface area (Å²) in [5, 5.41) is 3.23. The molecule has 1 aromatic heterocycles. The monoisotopic (exact) mass is 359 g/mol. The average Bonchev–Trinajstić information content (AvgIpc) is 3.19. The second-order valence-electron chi connectivity index (χ2n) is 8.33. The van der Waals surface area contributed by atoms with E-state index < -0.39 is 5.60 Å². The zero-order valence-electron chi connectivity index (χ0n) is 15.7. The summed E-state index contributed by atoms with van der Waals surface area (Å²) in [6, 6.07) is 2.10. The summed E-state index contributed by atoms with van der Waals surface area (Å²) in [5.74, 6) is 1.25. The predicted octanol–water partition coefficient (Wildman–Crippen LogP) is 1.95. The number of carbonyl (C=O) groups is 2. The summed E-state index contributed by atoms with van der Waals surface area (Å²) < 4.78 is 7.41. The van der Waals surface area contributed by atoms with Gasteiger partial charge in [-0.3, -0.25) is 9.59 Å².